The minimum absolute atomic E-state index is 0.00639. The van der Waals surface area contributed by atoms with Crippen LogP contribution in [0.5, 0.6) is 0 Å². The lowest BCUT2D eigenvalue weighted by molar-refractivity contribution is -0.122. The Morgan fingerprint density at radius 2 is 2.00 bits per heavy atom. The Hall–Kier alpha value is -0.630. The van der Waals surface area contributed by atoms with Gasteiger partial charge in [0.25, 0.3) is 0 Å². The molecule has 18 heavy (non-hydrogen) atoms. The van der Waals surface area contributed by atoms with E-state index in [9.17, 15) is 13.2 Å². The minimum atomic E-state index is -3.84. The maximum atomic E-state index is 12.0. The molecule has 0 aromatic heterocycles. The number of carbonyl (C=O) groups is 1. The van der Waals surface area contributed by atoms with E-state index >= 15 is 0 Å². The summed E-state index contributed by atoms with van der Waals surface area (Å²) >= 11 is 8.91. The Balaban J connectivity index is 3.15. The largest absolute Gasteiger partial charge is 0.368 e. The first kappa shape index (κ1) is 15.4. The van der Waals surface area contributed by atoms with Crippen molar-refractivity contribution in [2.24, 2.45) is 5.73 Å². The molecular formula is C10H12BrClN2O3S. The molecule has 0 radical (unpaired) electrons. The molecule has 1 aromatic rings. The van der Waals surface area contributed by atoms with Crippen LogP contribution < -0.4 is 10.5 Å². The molecule has 1 rings (SSSR count). The Labute approximate surface area is 119 Å². The van der Waals surface area contributed by atoms with E-state index in [0.29, 0.717) is 9.50 Å². The van der Waals surface area contributed by atoms with E-state index in [1.54, 1.807) is 0 Å². The first-order valence-corrected chi connectivity index (χ1v) is 7.50. The average molecular weight is 356 g/mol. The van der Waals surface area contributed by atoms with Crippen molar-refractivity contribution in [2.45, 2.75) is 24.3 Å². The Morgan fingerprint density at radius 1 is 1.44 bits per heavy atom. The van der Waals surface area contributed by atoms with Crippen LogP contribution in [0.1, 0.15) is 13.8 Å². The second kappa shape index (κ2) is 5.16. The topological polar surface area (TPSA) is 89.3 Å². The molecule has 1 amide bonds. The number of benzene rings is 1. The molecule has 0 unspecified atom stereocenters. The fourth-order valence-electron chi connectivity index (χ4n) is 1.09. The maximum Gasteiger partial charge on any atom is 0.241 e. The molecule has 0 atom stereocenters. The molecule has 0 saturated heterocycles. The quantitative estimate of drug-likeness (QED) is 0.860. The van der Waals surface area contributed by atoms with E-state index in [0.717, 1.165) is 0 Å². The van der Waals surface area contributed by atoms with Crippen LogP contribution >= 0.6 is 27.5 Å². The molecule has 3 N–H and O–H groups in total. The molecule has 0 aliphatic heterocycles. The second-order valence-electron chi connectivity index (χ2n) is 4.17. The van der Waals surface area contributed by atoms with Gasteiger partial charge in [0.05, 0.1) is 9.92 Å². The molecule has 8 heteroatoms. The zero-order valence-electron chi connectivity index (χ0n) is 9.70. The summed E-state index contributed by atoms with van der Waals surface area (Å²) in [5.41, 5.74) is 3.74. The number of rotatable bonds is 4. The molecule has 0 spiro atoms. The van der Waals surface area contributed by atoms with Gasteiger partial charge in [0.15, 0.2) is 0 Å². The third-order valence-corrected chi connectivity index (χ3v) is 5.07. The Morgan fingerprint density at radius 3 is 2.44 bits per heavy atom. The number of hydrogen-bond acceptors (Lipinski definition) is 3. The van der Waals surface area contributed by atoms with Gasteiger partial charge in [-0.1, -0.05) is 11.6 Å². The number of amides is 1. The summed E-state index contributed by atoms with van der Waals surface area (Å²) in [7, 11) is -3.84. The molecule has 5 nitrogen and oxygen atoms in total. The van der Waals surface area contributed by atoms with E-state index in [4.69, 9.17) is 17.3 Å². The standard InChI is InChI=1S/C10H12BrClN2O3S/c1-10(2,9(13)15)14-18(16,17)6-3-4-8(12)7(11)5-6/h3-5,14H,1-2H3,(H2,13,15). The summed E-state index contributed by atoms with van der Waals surface area (Å²) in [4.78, 5) is 11.1. The summed E-state index contributed by atoms with van der Waals surface area (Å²) in [5, 5.41) is 0.392. The molecular weight excluding hydrogens is 344 g/mol. The number of nitrogens with one attached hydrogen (secondary N) is 1. The lowest BCUT2D eigenvalue weighted by atomic mass is 10.1. The molecule has 100 valence electrons. The number of primary amides is 1. The van der Waals surface area contributed by atoms with Crippen LogP contribution in [0.4, 0.5) is 0 Å². The van der Waals surface area contributed by atoms with Crippen LogP contribution in [-0.2, 0) is 14.8 Å². The summed E-state index contributed by atoms with van der Waals surface area (Å²) < 4.78 is 26.7. The predicted octanol–water partition coefficient (Wildman–Crippen LogP) is 1.64. The van der Waals surface area contributed by atoms with Gasteiger partial charge in [0.1, 0.15) is 5.54 Å². The van der Waals surface area contributed by atoms with E-state index in [1.165, 1.54) is 32.0 Å². The fourth-order valence-corrected chi connectivity index (χ4v) is 3.15. The lowest BCUT2D eigenvalue weighted by Gasteiger charge is -2.22. The molecule has 1 aromatic carbocycles. The third-order valence-electron chi connectivity index (χ3n) is 2.21. The fraction of sp³-hybridized carbons (Fsp3) is 0.300. The van der Waals surface area contributed by atoms with Crippen LogP contribution in [0.15, 0.2) is 27.6 Å². The van der Waals surface area contributed by atoms with Crippen molar-refractivity contribution in [2.75, 3.05) is 0 Å². The first-order valence-electron chi connectivity index (χ1n) is 4.85. The molecule has 0 aliphatic carbocycles. The van der Waals surface area contributed by atoms with E-state index in [1.807, 2.05) is 0 Å². The van der Waals surface area contributed by atoms with Gasteiger partial charge in [0.2, 0.25) is 15.9 Å². The van der Waals surface area contributed by atoms with E-state index in [2.05, 4.69) is 20.7 Å². The van der Waals surface area contributed by atoms with Crippen LogP contribution in [0, 0.1) is 0 Å². The van der Waals surface area contributed by atoms with Gasteiger partial charge < -0.3 is 5.73 Å². The summed E-state index contributed by atoms with van der Waals surface area (Å²) in [6.45, 7) is 2.77. The second-order valence-corrected chi connectivity index (χ2v) is 7.11. The normalized spacial score (nSPS) is 12.4. The van der Waals surface area contributed by atoms with Crippen molar-refractivity contribution in [1.29, 1.82) is 0 Å². The van der Waals surface area contributed by atoms with Gasteiger partial charge >= 0.3 is 0 Å². The SMILES string of the molecule is CC(C)(NS(=O)(=O)c1ccc(Cl)c(Br)c1)C(N)=O. The van der Waals surface area contributed by atoms with Crippen LogP contribution in [0.3, 0.4) is 0 Å². The number of carbonyl (C=O) groups excluding carboxylic acids is 1. The number of sulfonamides is 1. The highest BCUT2D eigenvalue weighted by molar-refractivity contribution is 9.10. The van der Waals surface area contributed by atoms with E-state index < -0.39 is 21.5 Å². The first-order chi connectivity index (χ1) is 8.06. The Kier molecular flexibility index (Phi) is 4.42. The van der Waals surface area contributed by atoms with Crippen molar-refractivity contribution >= 4 is 43.5 Å². The minimum Gasteiger partial charge on any atom is -0.368 e. The van der Waals surface area contributed by atoms with Crippen molar-refractivity contribution in [3.05, 3.63) is 27.7 Å². The van der Waals surface area contributed by atoms with Crippen molar-refractivity contribution in [1.82, 2.24) is 4.72 Å². The summed E-state index contributed by atoms with van der Waals surface area (Å²) in [6, 6.07) is 4.13. The predicted molar refractivity (Wildman–Crippen MR) is 72.7 cm³/mol. The highest BCUT2D eigenvalue weighted by Crippen LogP contribution is 2.25. The average Bonchev–Trinajstić information content (AvgIpc) is 2.20. The molecule has 0 saturated carbocycles. The maximum absolute atomic E-state index is 12.0. The third kappa shape index (κ3) is 3.44. The van der Waals surface area contributed by atoms with Gasteiger partial charge in [-0.2, -0.15) is 4.72 Å². The van der Waals surface area contributed by atoms with Crippen molar-refractivity contribution in [3.63, 3.8) is 0 Å². The summed E-state index contributed by atoms with van der Waals surface area (Å²) in [5.74, 6) is -0.765. The summed E-state index contributed by atoms with van der Waals surface area (Å²) in [6.07, 6.45) is 0. The van der Waals surface area contributed by atoms with Crippen LogP contribution in [0.2, 0.25) is 5.02 Å². The van der Waals surface area contributed by atoms with Gasteiger partial charge in [-0.15, -0.1) is 0 Å². The Bertz CT molecular complexity index is 587. The van der Waals surface area contributed by atoms with Crippen LogP contribution in [-0.4, -0.2) is 19.9 Å². The van der Waals surface area contributed by atoms with Gasteiger partial charge in [-0.25, -0.2) is 8.42 Å². The van der Waals surface area contributed by atoms with Crippen molar-refractivity contribution in [3.8, 4) is 0 Å². The number of nitrogens with two attached hydrogens (primary N) is 1. The monoisotopic (exact) mass is 354 g/mol. The zero-order chi connectivity index (χ0) is 14.1. The molecule has 0 bridgehead atoms. The van der Waals surface area contributed by atoms with E-state index in [-0.39, 0.29) is 4.90 Å². The molecule has 0 heterocycles. The number of hydrogen-bond donors (Lipinski definition) is 2. The van der Waals surface area contributed by atoms with Gasteiger partial charge in [-0.3, -0.25) is 4.79 Å². The number of halogens is 2. The van der Waals surface area contributed by atoms with Gasteiger partial charge in [0, 0.05) is 4.47 Å². The smallest absolute Gasteiger partial charge is 0.241 e. The van der Waals surface area contributed by atoms with Crippen molar-refractivity contribution < 1.29 is 13.2 Å². The molecule has 0 fully saturated rings. The van der Waals surface area contributed by atoms with Crippen LogP contribution in [0.25, 0.3) is 0 Å². The highest BCUT2D eigenvalue weighted by Gasteiger charge is 2.31. The highest BCUT2D eigenvalue weighted by atomic mass is 79.9. The van der Waals surface area contributed by atoms with Gasteiger partial charge in [-0.05, 0) is 48.0 Å². The zero-order valence-corrected chi connectivity index (χ0v) is 12.9. The lowest BCUT2D eigenvalue weighted by Crippen LogP contribution is -2.52. The molecule has 0 aliphatic rings.